The summed E-state index contributed by atoms with van der Waals surface area (Å²) in [7, 11) is 0. The Hall–Kier alpha value is -2.25. The number of ketones is 1. The zero-order chi connectivity index (χ0) is 17.3. The number of benzene rings is 1. The van der Waals surface area contributed by atoms with Gasteiger partial charge >= 0.3 is 5.69 Å². The Morgan fingerprint density at radius 1 is 1.33 bits per heavy atom. The first-order valence-electron chi connectivity index (χ1n) is 8.11. The number of hydrogen-bond donors (Lipinski definition) is 1. The molecule has 2 heterocycles. The Kier molecular flexibility index (Phi) is 4.64. The van der Waals surface area contributed by atoms with E-state index in [9.17, 15) is 14.9 Å². The minimum atomic E-state index is -0.530. The number of carbonyl (C=O) groups is 1. The Morgan fingerprint density at radius 3 is 2.67 bits per heavy atom. The van der Waals surface area contributed by atoms with Crippen molar-refractivity contribution in [2.24, 2.45) is 5.92 Å². The third-order valence-corrected chi connectivity index (χ3v) is 4.37. The van der Waals surface area contributed by atoms with Gasteiger partial charge in [-0.2, -0.15) is 0 Å². The van der Waals surface area contributed by atoms with Crippen molar-refractivity contribution in [2.45, 2.75) is 20.1 Å². The second-order valence-corrected chi connectivity index (χ2v) is 6.34. The third-order valence-electron chi connectivity index (χ3n) is 4.37. The van der Waals surface area contributed by atoms with Crippen molar-refractivity contribution < 1.29 is 24.1 Å². The molecule has 2 aliphatic rings. The minimum absolute atomic E-state index is 0.0103. The number of hydrogen-bond acceptors (Lipinski definition) is 5. The van der Waals surface area contributed by atoms with Crippen LogP contribution >= 0.6 is 0 Å². The Morgan fingerprint density at radius 2 is 2.04 bits per heavy atom. The molecule has 2 aliphatic heterocycles. The Labute approximate surface area is 140 Å². The maximum Gasteiger partial charge on any atom is 0.311 e. The highest BCUT2D eigenvalue weighted by molar-refractivity contribution is 6.02. The number of nitrogens with zero attached hydrogens (tertiary/aromatic N) is 1. The van der Waals surface area contributed by atoms with E-state index in [1.807, 2.05) is 13.8 Å². The lowest BCUT2D eigenvalue weighted by Crippen LogP contribution is -3.18. The lowest BCUT2D eigenvalue weighted by Gasteiger charge is -2.34. The van der Waals surface area contributed by atoms with E-state index < -0.39 is 11.2 Å². The SMILES string of the molecule is CC(C)C(=O)C1=Cc2cccc([N+](=O)[O-])c2OC1[NH+]1CCOCC1. The molecule has 0 saturated carbocycles. The van der Waals surface area contributed by atoms with E-state index in [0.29, 0.717) is 37.4 Å². The smallest absolute Gasteiger partial charge is 0.311 e. The largest absolute Gasteiger partial charge is 0.430 e. The maximum absolute atomic E-state index is 12.7. The molecule has 0 bridgehead atoms. The van der Waals surface area contributed by atoms with E-state index in [0.717, 1.165) is 4.90 Å². The normalized spacial score (nSPS) is 21.0. The summed E-state index contributed by atoms with van der Waals surface area (Å²) in [5, 5.41) is 11.3. The first-order valence-corrected chi connectivity index (χ1v) is 8.11. The highest BCUT2D eigenvalue weighted by Gasteiger charge is 2.39. The number of para-hydroxylation sites is 1. The summed E-state index contributed by atoms with van der Waals surface area (Å²) in [4.78, 5) is 24.6. The van der Waals surface area contributed by atoms with Crippen LogP contribution in [0.5, 0.6) is 5.75 Å². The van der Waals surface area contributed by atoms with Crippen molar-refractivity contribution in [3.05, 3.63) is 39.4 Å². The van der Waals surface area contributed by atoms with Gasteiger partial charge in [-0.1, -0.05) is 26.0 Å². The topological polar surface area (TPSA) is 83.1 Å². The number of ether oxygens (including phenoxy) is 2. The molecule has 3 rings (SSSR count). The molecule has 1 aromatic carbocycles. The van der Waals surface area contributed by atoms with Gasteiger partial charge in [-0.15, -0.1) is 0 Å². The van der Waals surface area contributed by atoms with E-state index in [2.05, 4.69) is 0 Å². The lowest BCUT2D eigenvalue weighted by molar-refractivity contribution is -0.944. The molecular weight excluding hydrogens is 312 g/mol. The second kappa shape index (κ2) is 6.70. The highest BCUT2D eigenvalue weighted by atomic mass is 16.6. The number of carbonyl (C=O) groups excluding carboxylic acids is 1. The van der Waals surface area contributed by atoms with Crippen molar-refractivity contribution in [1.82, 2.24) is 0 Å². The van der Waals surface area contributed by atoms with Crippen molar-refractivity contribution in [3.63, 3.8) is 0 Å². The van der Waals surface area contributed by atoms with Crippen LogP contribution in [0.4, 0.5) is 5.69 Å². The molecule has 1 atom stereocenters. The van der Waals surface area contributed by atoms with Gasteiger partial charge in [0.15, 0.2) is 5.78 Å². The van der Waals surface area contributed by atoms with E-state index in [4.69, 9.17) is 9.47 Å². The second-order valence-electron chi connectivity index (χ2n) is 6.34. The number of nitrogens with one attached hydrogen (secondary N) is 1. The molecule has 7 nitrogen and oxygen atoms in total. The van der Waals surface area contributed by atoms with Gasteiger partial charge in [-0.05, 0) is 6.08 Å². The van der Waals surface area contributed by atoms with Gasteiger partial charge in [-0.3, -0.25) is 19.8 Å². The molecule has 0 aromatic heterocycles. The average Bonchev–Trinajstić information content (AvgIpc) is 2.59. The summed E-state index contributed by atoms with van der Waals surface area (Å²) in [6.45, 7) is 6.26. The molecule has 0 radical (unpaired) electrons. The van der Waals surface area contributed by atoms with Gasteiger partial charge in [-0.25, -0.2) is 0 Å². The molecule has 0 amide bonds. The number of quaternary nitrogens is 1. The van der Waals surface area contributed by atoms with Gasteiger partial charge < -0.3 is 9.47 Å². The van der Waals surface area contributed by atoms with Crippen LogP contribution < -0.4 is 9.64 Å². The lowest BCUT2D eigenvalue weighted by atomic mass is 9.94. The maximum atomic E-state index is 12.7. The van der Waals surface area contributed by atoms with Crippen LogP contribution in [-0.2, 0) is 9.53 Å². The molecule has 1 unspecified atom stereocenters. The van der Waals surface area contributed by atoms with Crippen molar-refractivity contribution >= 4 is 17.5 Å². The van der Waals surface area contributed by atoms with Crippen LogP contribution in [-0.4, -0.2) is 43.2 Å². The molecule has 24 heavy (non-hydrogen) atoms. The van der Waals surface area contributed by atoms with Gasteiger partial charge in [0, 0.05) is 17.5 Å². The third kappa shape index (κ3) is 3.05. The summed E-state index contributed by atoms with van der Waals surface area (Å²) in [5.74, 6) is 0.0889. The highest BCUT2D eigenvalue weighted by Crippen LogP contribution is 2.37. The van der Waals surface area contributed by atoms with Gasteiger partial charge in [0.2, 0.25) is 5.75 Å². The first-order chi connectivity index (χ1) is 11.5. The molecule has 0 spiro atoms. The van der Waals surface area contributed by atoms with E-state index in [1.165, 1.54) is 6.07 Å². The molecule has 128 valence electrons. The van der Waals surface area contributed by atoms with Crippen LogP contribution in [0.25, 0.3) is 6.08 Å². The van der Waals surface area contributed by atoms with Crippen molar-refractivity contribution in [1.29, 1.82) is 0 Å². The molecule has 0 aliphatic carbocycles. The molecule has 1 N–H and O–H groups in total. The zero-order valence-corrected chi connectivity index (χ0v) is 13.8. The number of nitro groups is 1. The van der Waals surface area contributed by atoms with Crippen LogP contribution in [0.15, 0.2) is 23.8 Å². The Balaban J connectivity index is 2.06. The summed E-state index contributed by atoms with van der Waals surface area (Å²) in [6.07, 6.45) is 1.22. The summed E-state index contributed by atoms with van der Waals surface area (Å²) in [6, 6.07) is 4.77. The predicted octanol–water partition coefficient (Wildman–Crippen LogP) is 0.837. The fraction of sp³-hybridized carbons (Fsp3) is 0.471. The number of rotatable bonds is 4. The first kappa shape index (κ1) is 16.6. The summed E-state index contributed by atoms with van der Waals surface area (Å²) < 4.78 is 11.4. The monoisotopic (exact) mass is 333 g/mol. The molecule has 1 aromatic rings. The van der Waals surface area contributed by atoms with E-state index >= 15 is 0 Å². The van der Waals surface area contributed by atoms with Gasteiger partial charge in [0.05, 0.1) is 23.7 Å². The van der Waals surface area contributed by atoms with E-state index in [1.54, 1.807) is 18.2 Å². The number of Topliss-reactive ketones (excluding diaryl/α,β-unsaturated/α-hetero) is 1. The Bertz CT molecular complexity index is 692. The van der Waals surface area contributed by atoms with Crippen molar-refractivity contribution in [3.8, 4) is 5.75 Å². The van der Waals surface area contributed by atoms with Crippen molar-refractivity contribution in [2.75, 3.05) is 26.3 Å². The minimum Gasteiger partial charge on any atom is -0.430 e. The van der Waals surface area contributed by atoms with Crippen LogP contribution in [0, 0.1) is 16.0 Å². The van der Waals surface area contributed by atoms with Gasteiger partial charge in [0.25, 0.3) is 6.23 Å². The standard InChI is InChI=1S/C17H20N2O5/c1-11(2)15(20)13-10-12-4-3-5-14(19(21)22)16(12)24-17(13)18-6-8-23-9-7-18/h3-5,10-11,17H,6-9H2,1-2H3/p+1. The number of morpholine rings is 1. The zero-order valence-electron chi connectivity index (χ0n) is 13.8. The molecule has 1 fully saturated rings. The molecular formula is C17H21N2O5+. The average molecular weight is 333 g/mol. The summed E-state index contributed by atoms with van der Waals surface area (Å²) >= 11 is 0. The fourth-order valence-electron chi connectivity index (χ4n) is 3.09. The quantitative estimate of drug-likeness (QED) is 0.652. The van der Waals surface area contributed by atoms with Gasteiger partial charge in [0.1, 0.15) is 13.1 Å². The number of nitro benzene ring substituents is 1. The predicted molar refractivity (Wildman–Crippen MR) is 86.9 cm³/mol. The summed E-state index contributed by atoms with van der Waals surface area (Å²) in [5.41, 5.74) is 1.09. The number of fused-ring (bicyclic) bond motifs is 1. The fourth-order valence-corrected chi connectivity index (χ4v) is 3.09. The molecule has 7 heteroatoms. The van der Waals surface area contributed by atoms with Crippen LogP contribution in [0.3, 0.4) is 0 Å². The van der Waals surface area contributed by atoms with Crippen LogP contribution in [0.1, 0.15) is 19.4 Å². The molecule has 1 saturated heterocycles. The van der Waals surface area contributed by atoms with E-state index in [-0.39, 0.29) is 23.1 Å². The van der Waals surface area contributed by atoms with Crippen LogP contribution in [0.2, 0.25) is 0 Å².